The van der Waals surface area contributed by atoms with Gasteiger partial charge in [-0.2, -0.15) is 0 Å². The minimum atomic E-state index is -4.24. The van der Waals surface area contributed by atoms with Crippen molar-refractivity contribution >= 4 is 16.0 Å². The molecule has 0 saturated heterocycles. The van der Waals surface area contributed by atoms with Crippen molar-refractivity contribution in [2.45, 2.75) is 31.3 Å². The van der Waals surface area contributed by atoms with Gasteiger partial charge in [-0.15, -0.1) is 0 Å². The maximum Gasteiger partial charge on any atom is 0.338 e. The zero-order chi connectivity index (χ0) is 16.3. The van der Waals surface area contributed by atoms with E-state index >= 15 is 0 Å². The summed E-state index contributed by atoms with van der Waals surface area (Å²) in [5, 5.41) is 4.86. The molecule has 0 saturated carbocycles. The average molecular weight is 319 g/mol. The summed E-state index contributed by atoms with van der Waals surface area (Å²) in [6, 6.07) is 2.82. The van der Waals surface area contributed by atoms with Gasteiger partial charge in [0.15, 0.2) is 0 Å². The number of carbonyl (C=O) groups excluding carboxylic acids is 1. The van der Waals surface area contributed by atoms with Gasteiger partial charge >= 0.3 is 5.97 Å². The van der Waals surface area contributed by atoms with Gasteiger partial charge in [0.1, 0.15) is 17.3 Å². The largest absolute Gasteiger partial charge is 0.460 e. The number of rotatable bonds is 5. The van der Waals surface area contributed by atoms with Crippen LogP contribution in [0.25, 0.3) is 0 Å². The van der Waals surface area contributed by atoms with Crippen LogP contribution in [0.5, 0.6) is 0 Å². The van der Waals surface area contributed by atoms with Crippen LogP contribution in [0.2, 0.25) is 0 Å². The van der Waals surface area contributed by atoms with E-state index in [9.17, 15) is 17.6 Å². The SMILES string of the molecule is CC(C)(C)OCCOC(=O)c1ccc(F)c(S(N)(=O)=O)c1. The van der Waals surface area contributed by atoms with Gasteiger partial charge in [-0.05, 0) is 39.0 Å². The smallest absolute Gasteiger partial charge is 0.338 e. The van der Waals surface area contributed by atoms with E-state index in [1.54, 1.807) is 0 Å². The lowest BCUT2D eigenvalue weighted by atomic mass is 10.2. The molecule has 0 aliphatic rings. The number of halogens is 1. The highest BCUT2D eigenvalue weighted by Gasteiger charge is 2.18. The van der Waals surface area contributed by atoms with Crippen LogP contribution in [0.3, 0.4) is 0 Å². The highest BCUT2D eigenvalue weighted by molar-refractivity contribution is 7.89. The maximum absolute atomic E-state index is 13.3. The average Bonchev–Trinajstić information content (AvgIpc) is 2.32. The van der Waals surface area contributed by atoms with Crippen molar-refractivity contribution in [2.24, 2.45) is 5.14 Å². The fraction of sp³-hybridized carbons (Fsp3) is 0.462. The van der Waals surface area contributed by atoms with Gasteiger partial charge < -0.3 is 9.47 Å². The zero-order valence-corrected chi connectivity index (χ0v) is 12.9. The molecule has 0 unspecified atom stereocenters. The molecule has 0 heterocycles. The lowest BCUT2D eigenvalue weighted by Crippen LogP contribution is -2.22. The van der Waals surface area contributed by atoms with E-state index in [1.807, 2.05) is 20.8 Å². The third-order valence-corrected chi connectivity index (χ3v) is 3.25. The van der Waals surface area contributed by atoms with Crippen LogP contribution < -0.4 is 5.14 Å². The Bertz CT molecular complexity index is 622. The first kappa shape index (κ1) is 17.5. The highest BCUT2D eigenvalue weighted by atomic mass is 32.2. The molecule has 0 bridgehead atoms. The van der Waals surface area contributed by atoms with E-state index in [2.05, 4.69) is 0 Å². The molecule has 0 amide bonds. The fourth-order valence-corrected chi connectivity index (χ4v) is 2.04. The molecule has 0 fully saturated rings. The molecule has 0 aliphatic carbocycles. The lowest BCUT2D eigenvalue weighted by molar-refractivity contribution is -0.0281. The molecule has 0 aromatic heterocycles. The van der Waals surface area contributed by atoms with Crippen molar-refractivity contribution < 1.29 is 27.1 Å². The van der Waals surface area contributed by atoms with Gasteiger partial charge in [0, 0.05) is 0 Å². The molecule has 118 valence electrons. The van der Waals surface area contributed by atoms with E-state index in [0.29, 0.717) is 0 Å². The summed E-state index contributed by atoms with van der Waals surface area (Å²) in [4.78, 5) is 11.0. The summed E-state index contributed by atoms with van der Waals surface area (Å²) in [5.41, 5.74) is -0.459. The van der Waals surface area contributed by atoms with Crippen molar-refractivity contribution in [3.8, 4) is 0 Å². The second kappa shape index (κ2) is 6.50. The predicted octanol–water partition coefficient (Wildman–Crippen LogP) is 1.45. The summed E-state index contributed by atoms with van der Waals surface area (Å²) in [6.07, 6.45) is 0. The van der Waals surface area contributed by atoms with Gasteiger partial charge in [-0.1, -0.05) is 0 Å². The third-order valence-electron chi connectivity index (χ3n) is 2.32. The zero-order valence-electron chi connectivity index (χ0n) is 12.1. The van der Waals surface area contributed by atoms with Crippen molar-refractivity contribution in [3.63, 3.8) is 0 Å². The van der Waals surface area contributed by atoms with Gasteiger partial charge in [-0.3, -0.25) is 0 Å². The Morgan fingerprint density at radius 2 is 1.90 bits per heavy atom. The van der Waals surface area contributed by atoms with Crippen molar-refractivity contribution in [1.29, 1.82) is 0 Å². The standard InChI is InChI=1S/C13H18FNO5S/c1-13(2,3)20-7-6-19-12(16)9-4-5-10(14)11(8-9)21(15,17)18/h4-5,8H,6-7H2,1-3H3,(H2,15,17,18). The molecule has 0 radical (unpaired) electrons. The van der Waals surface area contributed by atoms with Crippen LogP contribution in [0, 0.1) is 5.82 Å². The molecular formula is C13H18FNO5S. The lowest BCUT2D eigenvalue weighted by Gasteiger charge is -2.19. The molecule has 1 aromatic rings. The number of sulfonamides is 1. The molecule has 0 aliphatic heterocycles. The molecule has 0 atom stereocenters. The number of hydrogen-bond donors (Lipinski definition) is 1. The molecule has 6 nitrogen and oxygen atoms in total. The molecule has 2 N–H and O–H groups in total. The number of nitrogens with two attached hydrogens (primary N) is 1. The number of hydrogen-bond acceptors (Lipinski definition) is 5. The second-order valence-electron chi connectivity index (χ2n) is 5.29. The molecule has 1 rings (SSSR count). The van der Waals surface area contributed by atoms with Gasteiger partial charge in [0.05, 0.1) is 17.8 Å². The van der Waals surface area contributed by atoms with Crippen molar-refractivity contribution in [1.82, 2.24) is 0 Å². The van der Waals surface area contributed by atoms with E-state index in [-0.39, 0.29) is 24.4 Å². The fourth-order valence-electron chi connectivity index (χ4n) is 1.41. The summed E-state index contributed by atoms with van der Waals surface area (Å²) >= 11 is 0. The Morgan fingerprint density at radius 1 is 1.29 bits per heavy atom. The quantitative estimate of drug-likeness (QED) is 0.654. The number of esters is 1. The number of carbonyl (C=O) groups is 1. The molecule has 0 spiro atoms. The van der Waals surface area contributed by atoms with Crippen LogP contribution in [0.1, 0.15) is 31.1 Å². The summed E-state index contributed by atoms with van der Waals surface area (Å²) in [7, 11) is -4.24. The third kappa shape index (κ3) is 5.78. The number of ether oxygens (including phenoxy) is 2. The first-order chi connectivity index (χ1) is 9.50. The monoisotopic (exact) mass is 319 g/mol. The van der Waals surface area contributed by atoms with Crippen LogP contribution in [0.4, 0.5) is 4.39 Å². The summed E-state index contributed by atoms with van der Waals surface area (Å²) in [5.74, 6) is -1.80. The summed E-state index contributed by atoms with van der Waals surface area (Å²) in [6.45, 7) is 5.75. The van der Waals surface area contributed by atoms with E-state index in [1.165, 1.54) is 0 Å². The highest BCUT2D eigenvalue weighted by Crippen LogP contribution is 2.15. The Hall–Kier alpha value is -1.51. The minimum Gasteiger partial charge on any atom is -0.460 e. The Kier molecular flexibility index (Phi) is 5.43. The Labute approximate surface area is 123 Å². The normalized spacial score (nSPS) is 12.2. The van der Waals surface area contributed by atoms with Crippen LogP contribution in [-0.4, -0.2) is 33.2 Å². The maximum atomic E-state index is 13.3. The van der Waals surface area contributed by atoms with E-state index in [4.69, 9.17) is 14.6 Å². The van der Waals surface area contributed by atoms with Crippen LogP contribution in [0.15, 0.2) is 23.1 Å². The van der Waals surface area contributed by atoms with Crippen molar-refractivity contribution in [3.05, 3.63) is 29.6 Å². The molecule has 1 aromatic carbocycles. The minimum absolute atomic E-state index is 0.00180. The number of primary sulfonamides is 1. The number of benzene rings is 1. The van der Waals surface area contributed by atoms with Gasteiger partial charge in [0.25, 0.3) is 0 Å². The Balaban J connectivity index is 2.72. The van der Waals surface area contributed by atoms with Crippen LogP contribution >= 0.6 is 0 Å². The topological polar surface area (TPSA) is 95.7 Å². The van der Waals surface area contributed by atoms with Gasteiger partial charge in [-0.25, -0.2) is 22.7 Å². The van der Waals surface area contributed by atoms with Gasteiger partial charge in [0.2, 0.25) is 10.0 Å². The van der Waals surface area contributed by atoms with E-state index < -0.39 is 26.7 Å². The van der Waals surface area contributed by atoms with Crippen LogP contribution in [-0.2, 0) is 19.5 Å². The molecule has 8 heteroatoms. The molecular weight excluding hydrogens is 301 g/mol. The summed E-state index contributed by atoms with van der Waals surface area (Å²) < 4.78 is 45.9. The predicted molar refractivity (Wildman–Crippen MR) is 73.8 cm³/mol. The Morgan fingerprint density at radius 3 is 2.43 bits per heavy atom. The second-order valence-corrected chi connectivity index (χ2v) is 6.82. The first-order valence-corrected chi connectivity index (χ1v) is 7.69. The van der Waals surface area contributed by atoms with E-state index in [0.717, 1.165) is 18.2 Å². The first-order valence-electron chi connectivity index (χ1n) is 6.14. The van der Waals surface area contributed by atoms with Crippen molar-refractivity contribution in [2.75, 3.05) is 13.2 Å². The molecule has 21 heavy (non-hydrogen) atoms.